The van der Waals surface area contributed by atoms with E-state index in [1.165, 1.54) is 0 Å². The highest BCUT2D eigenvalue weighted by molar-refractivity contribution is 5.70. The zero-order chi connectivity index (χ0) is 13.2. The van der Waals surface area contributed by atoms with E-state index in [2.05, 4.69) is 9.97 Å². The second kappa shape index (κ2) is 4.79. The van der Waals surface area contributed by atoms with Gasteiger partial charge in [0, 0.05) is 24.1 Å². The Hall–Kier alpha value is -1.49. The van der Waals surface area contributed by atoms with Crippen LogP contribution in [0.1, 0.15) is 36.6 Å². The first-order valence-corrected chi connectivity index (χ1v) is 5.39. The molecule has 94 valence electrons. The molecule has 1 aromatic heterocycles. The molecule has 0 amide bonds. The van der Waals surface area contributed by atoms with Crippen molar-refractivity contribution in [2.24, 2.45) is 0 Å². The zero-order valence-electron chi connectivity index (χ0n) is 10.9. The number of carboxylic acid groups (broad SMARTS) is 1. The van der Waals surface area contributed by atoms with Crippen LogP contribution in [0.2, 0.25) is 0 Å². The van der Waals surface area contributed by atoms with Crippen molar-refractivity contribution in [1.29, 1.82) is 0 Å². The highest BCUT2D eigenvalue weighted by Gasteiger charge is 2.25. The third-order valence-electron chi connectivity index (χ3n) is 2.80. The maximum absolute atomic E-state index is 10.7. The van der Waals surface area contributed by atoms with E-state index in [-0.39, 0.29) is 6.42 Å². The minimum Gasteiger partial charge on any atom is -0.481 e. The first-order chi connectivity index (χ1) is 7.77. The molecule has 0 unspecified atom stereocenters. The van der Waals surface area contributed by atoms with Crippen molar-refractivity contribution in [2.45, 2.75) is 39.7 Å². The Kier molecular flexibility index (Phi) is 3.83. The molecule has 1 rings (SSSR count). The first kappa shape index (κ1) is 13.6. The number of carbonyl (C=O) groups is 1. The van der Waals surface area contributed by atoms with Gasteiger partial charge < -0.3 is 9.84 Å². The minimum atomic E-state index is -0.876. The van der Waals surface area contributed by atoms with Gasteiger partial charge in [0.1, 0.15) is 5.60 Å². The van der Waals surface area contributed by atoms with E-state index in [4.69, 9.17) is 9.84 Å². The van der Waals surface area contributed by atoms with Crippen LogP contribution < -0.4 is 0 Å². The summed E-state index contributed by atoms with van der Waals surface area (Å²) in [5.74, 6) is -0.303. The molecule has 0 aromatic carbocycles. The van der Waals surface area contributed by atoms with Crippen molar-refractivity contribution >= 4 is 5.97 Å². The summed E-state index contributed by atoms with van der Waals surface area (Å²) in [6.45, 7) is 7.33. The molecule has 0 fully saturated rings. The molecule has 0 atom stereocenters. The van der Waals surface area contributed by atoms with E-state index >= 15 is 0 Å². The van der Waals surface area contributed by atoms with Crippen molar-refractivity contribution in [1.82, 2.24) is 9.97 Å². The molecule has 1 N–H and O–H groups in total. The standard InChI is InChI=1S/C12H18N2O3/c1-7-9(6-10(15)16)8(2)14-11(13-7)12(3,4)17-5/h6H2,1-5H3,(H,15,16). The number of nitrogens with zero attached hydrogens (tertiary/aromatic N) is 2. The summed E-state index contributed by atoms with van der Waals surface area (Å²) in [4.78, 5) is 19.4. The number of ether oxygens (including phenoxy) is 1. The Morgan fingerprint density at radius 2 is 1.76 bits per heavy atom. The average Bonchev–Trinajstić information content (AvgIpc) is 2.22. The van der Waals surface area contributed by atoms with Crippen LogP contribution in [-0.4, -0.2) is 28.2 Å². The summed E-state index contributed by atoms with van der Waals surface area (Å²) in [7, 11) is 1.60. The lowest BCUT2D eigenvalue weighted by Crippen LogP contribution is -2.24. The fraction of sp³-hybridized carbons (Fsp3) is 0.583. The smallest absolute Gasteiger partial charge is 0.307 e. The van der Waals surface area contributed by atoms with Crippen molar-refractivity contribution in [3.05, 3.63) is 22.8 Å². The summed E-state index contributed by atoms with van der Waals surface area (Å²) in [5, 5.41) is 8.81. The largest absolute Gasteiger partial charge is 0.481 e. The molecule has 1 heterocycles. The van der Waals surface area contributed by atoms with Crippen molar-refractivity contribution in [2.75, 3.05) is 7.11 Å². The fourth-order valence-corrected chi connectivity index (χ4v) is 1.51. The van der Waals surface area contributed by atoms with Gasteiger partial charge in [0.05, 0.1) is 6.42 Å². The zero-order valence-corrected chi connectivity index (χ0v) is 10.9. The number of aryl methyl sites for hydroxylation is 2. The van der Waals surface area contributed by atoms with E-state index in [0.717, 1.165) is 0 Å². The van der Waals surface area contributed by atoms with Gasteiger partial charge in [-0.05, 0) is 27.7 Å². The summed E-state index contributed by atoms with van der Waals surface area (Å²) in [6, 6.07) is 0. The Morgan fingerprint density at radius 1 is 1.29 bits per heavy atom. The van der Waals surface area contributed by atoms with Gasteiger partial charge in [-0.25, -0.2) is 9.97 Å². The van der Waals surface area contributed by atoms with Crippen LogP contribution in [0, 0.1) is 13.8 Å². The summed E-state index contributed by atoms with van der Waals surface area (Å²) < 4.78 is 5.31. The molecule has 0 saturated carbocycles. The van der Waals surface area contributed by atoms with E-state index in [1.54, 1.807) is 21.0 Å². The number of hydrogen-bond donors (Lipinski definition) is 1. The molecule has 17 heavy (non-hydrogen) atoms. The molecule has 0 radical (unpaired) electrons. The van der Waals surface area contributed by atoms with Crippen LogP contribution >= 0.6 is 0 Å². The highest BCUT2D eigenvalue weighted by Crippen LogP contribution is 2.22. The maximum atomic E-state index is 10.7. The van der Waals surface area contributed by atoms with Crippen molar-refractivity contribution in [3.8, 4) is 0 Å². The summed E-state index contributed by atoms with van der Waals surface area (Å²) >= 11 is 0. The predicted molar refractivity (Wildman–Crippen MR) is 62.9 cm³/mol. The highest BCUT2D eigenvalue weighted by atomic mass is 16.5. The van der Waals surface area contributed by atoms with Gasteiger partial charge >= 0.3 is 5.97 Å². The van der Waals surface area contributed by atoms with Gasteiger partial charge in [0.15, 0.2) is 5.82 Å². The molecule has 5 heteroatoms. The lowest BCUT2D eigenvalue weighted by Gasteiger charge is -2.22. The topological polar surface area (TPSA) is 72.3 Å². The lowest BCUT2D eigenvalue weighted by atomic mass is 10.1. The molecule has 0 aliphatic rings. The minimum absolute atomic E-state index is 0.0502. The van der Waals surface area contributed by atoms with Crippen molar-refractivity contribution < 1.29 is 14.6 Å². The fourth-order valence-electron chi connectivity index (χ4n) is 1.51. The van der Waals surface area contributed by atoms with Crippen LogP contribution in [-0.2, 0) is 21.6 Å². The first-order valence-electron chi connectivity index (χ1n) is 5.39. The van der Waals surface area contributed by atoms with Crippen LogP contribution in [0.5, 0.6) is 0 Å². The van der Waals surface area contributed by atoms with Gasteiger partial charge in [-0.1, -0.05) is 0 Å². The SMILES string of the molecule is COC(C)(C)c1nc(C)c(CC(=O)O)c(C)n1. The second-order valence-corrected chi connectivity index (χ2v) is 4.48. The summed E-state index contributed by atoms with van der Waals surface area (Å²) in [6.07, 6.45) is -0.0502. The number of hydrogen-bond acceptors (Lipinski definition) is 4. The van der Waals surface area contributed by atoms with Crippen molar-refractivity contribution in [3.63, 3.8) is 0 Å². The quantitative estimate of drug-likeness (QED) is 0.862. The number of methoxy groups -OCH3 is 1. The van der Waals surface area contributed by atoms with Crippen LogP contribution in [0.25, 0.3) is 0 Å². The van der Waals surface area contributed by atoms with Crippen LogP contribution in [0.4, 0.5) is 0 Å². The molecule has 0 saturated heterocycles. The molecule has 5 nitrogen and oxygen atoms in total. The molecular weight excluding hydrogens is 220 g/mol. The Bertz CT molecular complexity index is 418. The Labute approximate surface area is 101 Å². The molecule has 1 aromatic rings. The van der Waals surface area contributed by atoms with Crippen LogP contribution in [0.3, 0.4) is 0 Å². The maximum Gasteiger partial charge on any atom is 0.307 e. The Balaban J connectivity index is 3.22. The number of rotatable bonds is 4. The van der Waals surface area contributed by atoms with Gasteiger partial charge in [0.2, 0.25) is 0 Å². The molecular formula is C12H18N2O3. The van der Waals surface area contributed by atoms with Gasteiger partial charge in [0.25, 0.3) is 0 Å². The monoisotopic (exact) mass is 238 g/mol. The van der Waals surface area contributed by atoms with Gasteiger partial charge in [-0.2, -0.15) is 0 Å². The van der Waals surface area contributed by atoms with Crippen LogP contribution in [0.15, 0.2) is 0 Å². The lowest BCUT2D eigenvalue weighted by molar-refractivity contribution is -0.136. The number of aromatic nitrogens is 2. The molecule has 0 spiro atoms. The normalized spacial score (nSPS) is 11.6. The van der Waals surface area contributed by atoms with Gasteiger partial charge in [-0.3, -0.25) is 4.79 Å². The molecule has 0 bridgehead atoms. The van der Waals surface area contributed by atoms with E-state index in [1.807, 2.05) is 13.8 Å². The predicted octanol–water partition coefficient (Wildman–Crippen LogP) is 1.60. The number of carboxylic acids is 1. The molecule has 0 aliphatic carbocycles. The third kappa shape index (κ3) is 3.00. The number of aliphatic carboxylic acids is 1. The average molecular weight is 238 g/mol. The van der Waals surface area contributed by atoms with E-state index in [9.17, 15) is 4.79 Å². The summed E-state index contributed by atoms with van der Waals surface area (Å²) in [5.41, 5.74) is 1.49. The Morgan fingerprint density at radius 3 is 2.12 bits per heavy atom. The van der Waals surface area contributed by atoms with E-state index < -0.39 is 11.6 Å². The second-order valence-electron chi connectivity index (χ2n) is 4.48. The molecule has 0 aliphatic heterocycles. The van der Waals surface area contributed by atoms with Gasteiger partial charge in [-0.15, -0.1) is 0 Å². The van der Waals surface area contributed by atoms with E-state index in [0.29, 0.717) is 22.8 Å². The third-order valence-corrected chi connectivity index (χ3v) is 2.80.